The summed E-state index contributed by atoms with van der Waals surface area (Å²) in [6.07, 6.45) is -0.696. The number of aryl methyl sites for hydroxylation is 2. The van der Waals surface area contributed by atoms with Gasteiger partial charge in [0, 0.05) is 36.6 Å². The minimum atomic E-state index is -5.08. The number of nitrogens with one attached hydrogen (secondary N) is 2. The highest BCUT2D eigenvalue weighted by atomic mass is 19.4. The highest BCUT2D eigenvalue weighted by Crippen LogP contribution is 2.34. The van der Waals surface area contributed by atoms with Gasteiger partial charge in [0.25, 0.3) is 0 Å². The van der Waals surface area contributed by atoms with Gasteiger partial charge in [0.1, 0.15) is 5.69 Å². The van der Waals surface area contributed by atoms with E-state index in [1.54, 1.807) is 19.3 Å². The molecule has 1 aliphatic rings. The van der Waals surface area contributed by atoms with Gasteiger partial charge in [0.05, 0.1) is 12.3 Å². The molecule has 4 N–H and O–H groups in total. The number of carboxylic acids is 2. The number of aromatic nitrogens is 3. The van der Waals surface area contributed by atoms with Gasteiger partial charge in [-0.25, -0.2) is 24.5 Å². The fourth-order valence-corrected chi connectivity index (χ4v) is 3.21. The molecule has 0 atom stereocenters. The van der Waals surface area contributed by atoms with Gasteiger partial charge in [0.2, 0.25) is 0 Å². The van der Waals surface area contributed by atoms with Gasteiger partial charge in [-0.1, -0.05) is 0 Å². The quantitative estimate of drug-likeness (QED) is 0.433. The SMILES string of the molecule is CCOC(=O)NC(=O)NCCCn1nc2c(c1C(=O)O)CCc1cnccc1-2.O=C(O)C(F)(F)F. The highest BCUT2D eigenvalue weighted by molar-refractivity contribution is 5.91. The molecule has 0 radical (unpaired) electrons. The summed E-state index contributed by atoms with van der Waals surface area (Å²) in [5.41, 5.74) is 3.53. The first-order chi connectivity index (χ1) is 16.5. The van der Waals surface area contributed by atoms with E-state index in [2.05, 4.69) is 20.1 Å². The lowest BCUT2D eigenvalue weighted by molar-refractivity contribution is -0.192. The molecule has 0 aromatic carbocycles. The summed E-state index contributed by atoms with van der Waals surface area (Å²) in [6, 6.07) is 1.18. The minimum Gasteiger partial charge on any atom is -0.477 e. The van der Waals surface area contributed by atoms with Gasteiger partial charge in [-0.15, -0.1) is 0 Å². The van der Waals surface area contributed by atoms with Gasteiger partial charge >= 0.3 is 30.2 Å². The Morgan fingerprint density at radius 1 is 1.20 bits per heavy atom. The van der Waals surface area contributed by atoms with Crippen LogP contribution in [0.5, 0.6) is 0 Å². The summed E-state index contributed by atoms with van der Waals surface area (Å²) in [4.78, 5) is 47.5. The third kappa shape index (κ3) is 7.41. The monoisotopic (exact) mass is 501 g/mol. The van der Waals surface area contributed by atoms with Crippen LogP contribution in [-0.2, 0) is 28.9 Å². The van der Waals surface area contributed by atoms with Crippen molar-refractivity contribution in [3.05, 3.63) is 35.3 Å². The Morgan fingerprint density at radius 2 is 1.89 bits per heavy atom. The van der Waals surface area contributed by atoms with E-state index in [0.717, 1.165) is 23.1 Å². The van der Waals surface area contributed by atoms with E-state index in [4.69, 9.17) is 9.90 Å². The second-order valence-electron chi connectivity index (χ2n) is 6.99. The largest absolute Gasteiger partial charge is 0.490 e. The molecule has 2 heterocycles. The molecule has 0 unspecified atom stereocenters. The van der Waals surface area contributed by atoms with Crippen LogP contribution in [0.4, 0.5) is 22.8 Å². The molecule has 0 fully saturated rings. The van der Waals surface area contributed by atoms with Crippen molar-refractivity contribution in [3.63, 3.8) is 0 Å². The Hall–Kier alpha value is -4.17. The summed E-state index contributed by atoms with van der Waals surface area (Å²) in [7, 11) is 0. The second-order valence-corrected chi connectivity index (χ2v) is 6.99. The lowest BCUT2D eigenvalue weighted by Gasteiger charge is -2.14. The Kier molecular flexibility index (Phi) is 9.13. The summed E-state index contributed by atoms with van der Waals surface area (Å²) < 4.78 is 37.8. The van der Waals surface area contributed by atoms with Crippen molar-refractivity contribution in [2.75, 3.05) is 13.2 Å². The van der Waals surface area contributed by atoms with Crippen molar-refractivity contribution in [3.8, 4) is 11.3 Å². The van der Waals surface area contributed by atoms with Gasteiger partial charge in [0.15, 0.2) is 0 Å². The van der Waals surface area contributed by atoms with Crippen LogP contribution < -0.4 is 10.6 Å². The first-order valence-corrected chi connectivity index (χ1v) is 10.2. The number of carbonyl (C=O) groups is 4. The molecular formula is C20H22F3N5O7. The van der Waals surface area contributed by atoms with Crippen LogP contribution in [0.3, 0.4) is 0 Å². The standard InChI is InChI=1S/C18H21N5O5.C2HF3O2/c1-2-28-18(27)21-17(26)20-7-3-9-23-15(16(24)25)13-5-4-11-10-19-8-6-12(11)14(13)22-23;3-2(4,5)1(6)7/h6,8,10H,2-5,7,9H2,1H3,(H,24,25)(H2,20,21,26,27);(H,6,7). The molecule has 3 rings (SSSR count). The first kappa shape index (κ1) is 27.1. The maximum atomic E-state index is 11.8. The molecule has 2 aromatic heterocycles. The maximum absolute atomic E-state index is 11.8. The zero-order valence-electron chi connectivity index (χ0n) is 18.4. The predicted octanol–water partition coefficient (Wildman–Crippen LogP) is 2.22. The molecule has 35 heavy (non-hydrogen) atoms. The van der Waals surface area contributed by atoms with E-state index in [-0.39, 0.29) is 18.8 Å². The van der Waals surface area contributed by atoms with E-state index in [0.29, 0.717) is 25.1 Å². The number of imide groups is 1. The number of fused-ring (bicyclic) bond motifs is 3. The van der Waals surface area contributed by atoms with Crippen LogP contribution in [-0.4, -0.2) is 68.4 Å². The molecule has 2 aromatic rings. The number of amides is 3. The third-order valence-corrected chi connectivity index (χ3v) is 4.62. The molecule has 12 nitrogen and oxygen atoms in total. The van der Waals surface area contributed by atoms with E-state index >= 15 is 0 Å². The molecule has 3 amide bonds. The molecule has 0 spiro atoms. The van der Waals surface area contributed by atoms with Crippen LogP contribution in [0.1, 0.15) is 35.0 Å². The number of hydrogen-bond donors (Lipinski definition) is 4. The number of hydrogen-bond acceptors (Lipinski definition) is 7. The lowest BCUT2D eigenvalue weighted by Crippen LogP contribution is -2.40. The maximum Gasteiger partial charge on any atom is 0.490 e. The average Bonchev–Trinajstić information content (AvgIpc) is 3.16. The van der Waals surface area contributed by atoms with E-state index in [1.807, 2.05) is 11.4 Å². The van der Waals surface area contributed by atoms with Gasteiger partial charge < -0.3 is 20.3 Å². The topological polar surface area (TPSA) is 173 Å². The summed E-state index contributed by atoms with van der Waals surface area (Å²) in [5, 5.41) is 25.8. The van der Waals surface area contributed by atoms with E-state index in [1.165, 1.54) is 4.68 Å². The fraction of sp³-hybridized carbons (Fsp3) is 0.400. The fourth-order valence-electron chi connectivity index (χ4n) is 3.21. The zero-order valence-corrected chi connectivity index (χ0v) is 18.4. The molecule has 0 aliphatic heterocycles. The van der Waals surface area contributed by atoms with Gasteiger partial charge in [-0.3, -0.25) is 9.67 Å². The summed E-state index contributed by atoms with van der Waals surface area (Å²) >= 11 is 0. The lowest BCUT2D eigenvalue weighted by atomic mass is 9.90. The molecule has 0 saturated carbocycles. The number of ether oxygens (including phenoxy) is 1. The number of urea groups is 1. The number of halogens is 3. The Bertz CT molecular complexity index is 1100. The van der Waals surface area contributed by atoms with E-state index < -0.39 is 30.2 Å². The predicted molar refractivity (Wildman–Crippen MR) is 112 cm³/mol. The highest BCUT2D eigenvalue weighted by Gasteiger charge is 2.38. The number of alkyl halides is 3. The zero-order chi connectivity index (χ0) is 26.2. The molecule has 1 aliphatic carbocycles. The number of carbonyl (C=O) groups excluding carboxylic acids is 2. The molecular weight excluding hydrogens is 479 g/mol. The average molecular weight is 501 g/mol. The summed E-state index contributed by atoms with van der Waals surface area (Å²) in [6.45, 7) is 2.36. The van der Waals surface area contributed by atoms with Crippen molar-refractivity contribution in [2.45, 2.75) is 38.9 Å². The minimum absolute atomic E-state index is 0.167. The molecule has 15 heteroatoms. The first-order valence-electron chi connectivity index (χ1n) is 10.2. The normalized spacial score (nSPS) is 11.8. The van der Waals surface area contributed by atoms with Crippen LogP contribution in [0.15, 0.2) is 18.5 Å². The molecule has 0 bridgehead atoms. The number of aliphatic carboxylic acids is 1. The van der Waals surface area contributed by atoms with Gasteiger partial charge in [-0.05, 0) is 37.8 Å². The number of aromatic carboxylic acids is 1. The van der Waals surface area contributed by atoms with Crippen molar-refractivity contribution in [2.24, 2.45) is 0 Å². The Labute approximate surface area is 196 Å². The molecule has 190 valence electrons. The number of rotatable bonds is 6. The Morgan fingerprint density at radius 3 is 2.49 bits per heavy atom. The van der Waals surface area contributed by atoms with Gasteiger partial charge in [-0.2, -0.15) is 18.3 Å². The van der Waals surface area contributed by atoms with Crippen LogP contribution >= 0.6 is 0 Å². The Balaban J connectivity index is 0.000000540. The molecule has 0 saturated heterocycles. The number of alkyl carbamates (subject to hydrolysis) is 1. The number of nitrogens with zero attached hydrogens (tertiary/aromatic N) is 3. The summed E-state index contributed by atoms with van der Waals surface area (Å²) in [5.74, 6) is -3.79. The van der Waals surface area contributed by atoms with Crippen molar-refractivity contribution in [1.82, 2.24) is 25.4 Å². The number of pyridine rings is 1. The van der Waals surface area contributed by atoms with Crippen molar-refractivity contribution in [1.29, 1.82) is 0 Å². The van der Waals surface area contributed by atoms with E-state index in [9.17, 15) is 32.7 Å². The third-order valence-electron chi connectivity index (χ3n) is 4.62. The second kappa shape index (κ2) is 11.8. The van der Waals surface area contributed by atoms with Crippen molar-refractivity contribution >= 4 is 24.1 Å². The van der Waals surface area contributed by atoms with Crippen molar-refractivity contribution < 1.29 is 47.3 Å². The van der Waals surface area contributed by atoms with Crippen LogP contribution in [0.25, 0.3) is 11.3 Å². The smallest absolute Gasteiger partial charge is 0.477 e. The number of carboxylic acid groups (broad SMARTS) is 2. The van der Waals surface area contributed by atoms with Crippen LogP contribution in [0, 0.1) is 0 Å². The van der Waals surface area contributed by atoms with Crippen LogP contribution in [0.2, 0.25) is 0 Å².